The van der Waals surface area contributed by atoms with Gasteiger partial charge in [-0.2, -0.15) is 0 Å². The van der Waals surface area contributed by atoms with Gasteiger partial charge < -0.3 is 20.1 Å². The zero-order chi connectivity index (χ0) is 11.7. The average molecular weight is 221 g/mol. The maximum absolute atomic E-state index is 11.8. The Kier molecular flexibility index (Phi) is 2.96. The molecular formula is C10H12BNO4. The van der Waals surface area contributed by atoms with Crippen LogP contribution in [0.15, 0.2) is 18.2 Å². The summed E-state index contributed by atoms with van der Waals surface area (Å²) in [6, 6.07) is 4.78. The lowest BCUT2D eigenvalue weighted by molar-refractivity contribution is 0.0746. The lowest BCUT2D eigenvalue weighted by atomic mass is 9.79. The molecule has 0 unspecified atom stereocenters. The van der Waals surface area contributed by atoms with Crippen molar-refractivity contribution in [2.24, 2.45) is 0 Å². The predicted octanol–water partition coefficient (Wildman–Crippen LogP) is -1.69. The fourth-order valence-corrected chi connectivity index (χ4v) is 1.84. The first-order valence-electron chi connectivity index (χ1n) is 5.02. The molecule has 1 heterocycles. The summed E-state index contributed by atoms with van der Waals surface area (Å²) < 4.78 is 0. The highest BCUT2D eigenvalue weighted by Gasteiger charge is 2.28. The Hall–Kier alpha value is -1.37. The summed E-state index contributed by atoms with van der Waals surface area (Å²) in [6.07, 6.45) is 0. The quantitative estimate of drug-likeness (QED) is 0.532. The first kappa shape index (κ1) is 11.1. The summed E-state index contributed by atoms with van der Waals surface area (Å²) in [5, 5.41) is 26.8. The minimum atomic E-state index is -1.56. The summed E-state index contributed by atoms with van der Waals surface area (Å²) in [5.74, 6) is -0.174. The summed E-state index contributed by atoms with van der Waals surface area (Å²) in [7, 11) is -1.56. The topological polar surface area (TPSA) is 81.0 Å². The van der Waals surface area contributed by atoms with Crippen molar-refractivity contribution in [3.63, 3.8) is 0 Å². The first-order chi connectivity index (χ1) is 7.63. The molecule has 1 amide bonds. The predicted molar refractivity (Wildman–Crippen MR) is 58.1 cm³/mol. The van der Waals surface area contributed by atoms with E-state index < -0.39 is 7.12 Å². The summed E-state index contributed by atoms with van der Waals surface area (Å²) in [4.78, 5) is 13.3. The SMILES string of the molecule is O=C1c2cc(B(O)O)ccc2CN1CCO. The number of amides is 1. The van der Waals surface area contributed by atoms with Gasteiger partial charge in [-0.3, -0.25) is 4.79 Å². The van der Waals surface area contributed by atoms with Crippen LogP contribution in [0.25, 0.3) is 0 Å². The minimum Gasteiger partial charge on any atom is -0.423 e. The minimum absolute atomic E-state index is 0.0742. The van der Waals surface area contributed by atoms with Crippen LogP contribution in [-0.4, -0.2) is 46.2 Å². The maximum Gasteiger partial charge on any atom is 0.488 e. The maximum atomic E-state index is 11.8. The lowest BCUT2D eigenvalue weighted by Crippen LogP contribution is -2.31. The molecule has 1 aliphatic rings. The molecule has 84 valence electrons. The molecular weight excluding hydrogens is 209 g/mol. The van der Waals surface area contributed by atoms with Gasteiger partial charge in [0.1, 0.15) is 0 Å². The second-order valence-electron chi connectivity index (χ2n) is 3.74. The Bertz CT molecular complexity index is 421. The van der Waals surface area contributed by atoms with Crippen molar-refractivity contribution in [2.75, 3.05) is 13.2 Å². The molecule has 1 aliphatic heterocycles. The monoisotopic (exact) mass is 221 g/mol. The molecule has 0 saturated carbocycles. The molecule has 0 radical (unpaired) electrons. The molecule has 0 atom stereocenters. The molecule has 1 aromatic rings. The number of carbonyl (C=O) groups is 1. The number of hydrogen-bond donors (Lipinski definition) is 3. The zero-order valence-corrected chi connectivity index (χ0v) is 8.63. The molecule has 0 fully saturated rings. The second-order valence-corrected chi connectivity index (χ2v) is 3.74. The highest BCUT2D eigenvalue weighted by atomic mass is 16.4. The van der Waals surface area contributed by atoms with Crippen molar-refractivity contribution in [2.45, 2.75) is 6.54 Å². The highest BCUT2D eigenvalue weighted by molar-refractivity contribution is 6.58. The van der Waals surface area contributed by atoms with E-state index in [0.717, 1.165) is 5.56 Å². The fraction of sp³-hybridized carbons (Fsp3) is 0.300. The van der Waals surface area contributed by atoms with E-state index in [4.69, 9.17) is 15.2 Å². The van der Waals surface area contributed by atoms with Crippen LogP contribution < -0.4 is 5.46 Å². The van der Waals surface area contributed by atoms with Crippen LogP contribution in [0, 0.1) is 0 Å². The van der Waals surface area contributed by atoms with Crippen LogP contribution in [0.5, 0.6) is 0 Å². The van der Waals surface area contributed by atoms with Crippen LogP contribution in [0.1, 0.15) is 15.9 Å². The third-order valence-electron chi connectivity index (χ3n) is 2.68. The van der Waals surface area contributed by atoms with Gasteiger partial charge in [-0.15, -0.1) is 0 Å². The third kappa shape index (κ3) is 1.82. The van der Waals surface area contributed by atoms with Crippen LogP contribution in [0.2, 0.25) is 0 Å². The van der Waals surface area contributed by atoms with Crippen LogP contribution in [0.4, 0.5) is 0 Å². The van der Waals surface area contributed by atoms with Gasteiger partial charge in [-0.25, -0.2) is 0 Å². The molecule has 5 nitrogen and oxygen atoms in total. The largest absolute Gasteiger partial charge is 0.488 e. The van der Waals surface area contributed by atoms with Crippen molar-refractivity contribution < 1.29 is 19.9 Å². The molecule has 0 spiro atoms. The van der Waals surface area contributed by atoms with Gasteiger partial charge in [0.2, 0.25) is 0 Å². The Morgan fingerprint density at radius 1 is 1.38 bits per heavy atom. The van der Waals surface area contributed by atoms with E-state index in [0.29, 0.717) is 24.1 Å². The Morgan fingerprint density at radius 2 is 2.12 bits per heavy atom. The average Bonchev–Trinajstić information content (AvgIpc) is 2.56. The molecule has 0 aliphatic carbocycles. The molecule has 0 aromatic heterocycles. The van der Waals surface area contributed by atoms with Gasteiger partial charge in [-0.1, -0.05) is 12.1 Å². The molecule has 1 aromatic carbocycles. The number of β-amino-alcohol motifs (C(OH)–C–C–N with tert-alkyl or cyclic N) is 1. The van der Waals surface area contributed by atoms with E-state index >= 15 is 0 Å². The van der Waals surface area contributed by atoms with Gasteiger partial charge in [0, 0.05) is 18.7 Å². The number of aliphatic hydroxyl groups excluding tert-OH is 1. The normalized spacial score (nSPS) is 14.2. The summed E-state index contributed by atoms with van der Waals surface area (Å²) >= 11 is 0. The number of aliphatic hydroxyl groups is 1. The van der Waals surface area contributed by atoms with Gasteiger partial charge in [0.05, 0.1) is 6.61 Å². The van der Waals surface area contributed by atoms with Crippen molar-refractivity contribution in [3.8, 4) is 0 Å². The zero-order valence-electron chi connectivity index (χ0n) is 8.63. The van der Waals surface area contributed by atoms with E-state index in [-0.39, 0.29) is 12.5 Å². The smallest absolute Gasteiger partial charge is 0.423 e. The standard InChI is InChI=1S/C10H12BNO4/c13-4-3-12-6-7-1-2-8(11(15)16)5-9(7)10(12)14/h1-2,5,13,15-16H,3-4,6H2. The van der Waals surface area contributed by atoms with Gasteiger partial charge in [0.15, 0.2) is 0 Å². The first-order valence-corrected chi connectivity index (χ1v) is 5.02. The number of hydrogen-bond acceptors (Lipinski definition) is 4. The van der Waals surface area contributed by atoms with Gasteiger partial charge in [0.25, 0.3) is 5.91 Å². The van der Waals surface area contributed by atoms with Crippen molar-refractivity contribution >= 4 is 18.5 Å². The summed E-state index contributed by atoms with van der Waals surface area (Å²) in [6.45, 7) is 0.691. The number of benzene rings is 1. The third-order valence-corrected chi connectivity index (χ3v) is 2.68. The number of nitrogens with zero attached hydrogens (tertiary/aromatic N) is 1. The second kappa shape index (κ2) is 4.25. The van der Waals surface area contributed by atoms with E-state index in [1.165, 1.54) is 11.0 Å². The van der Waals surface area contributed by atoms with Crippen molar-refractivity contribution in [1.82, 2.24) is 4.90 Å². The van der Waals surface area contributed by atoms with E-state index in [1.54, 1.807) is 12.1 Å². The number of rotatable bonds is 3. The van der Waals surface area contributed by atoms with Crippen molar-refractivity contribution in [3.05, 3.63) is 29.3 Å². The van der Waals surface area contributed by atoms with E-state index in [9.17, 15) is 4.79 Å². The van der Waals surface area contributed by atoms with Crippen molar-refractivity contribution in [1.29, 1.82) is 0 Å². The number of carbonyl (C=O) groups excluding carboxylic acids is 1. The van der Waals surface area contributed by atoms with Crippen LogP contribution >= 0.6 is 0 Å². The molecule has 16 heavy (non-hydrogen) atoms. The lowest BCUT2D eigenvalue weighted by Gasteiger charge is -2.12. The van der Waals surface area contributed by atoms with E-state index in [1.807, 2.05) is 0 Å². The number of fused-ring (bicyclic) bond motifs is 1. The molecule has 6 heteroatoms. The molecule has 0 bridgehead atoms. The molecule has 2 rings (SSSR count). The molecule has 0 saturated heterocycles. The van der Waals surface area contributed by atoms with Gasteiger partial charge in [-0.05, 0) is 17.1 Å². The Morgan fingerprint density at radius 3 is 2.75 bits per heavy atom. The summed E-state index contributed by atoms with van der Waals surface area (Å²) in [5.41, 5.74) is 1.64. The van der Waals surface area contributed by atoms with Crippen LogP contribution in [0.3, 0.4) is 0 Å². The fourth-order valence-electron chi connectivity index (χ4n) is 1.84. The Labute approximate surface area is 93.1 Å². The highest BCUT2D eigenvalue weighted by Crippen LogP contribution is 2.21. The van der Waals surface area contributed by atoms with Crippen LogP contribution in [-0.2, 0) is 6.54 Å². The molecule has 3 N–H and O–H groups in total. The Balaban J connectivity index is 2.30. The van der Waals surface area contributed by atoms with Gasteiger partial charge >= 0.3 is 7.12 Å². The van der Waals surface area contributed by atoms with E-state index in [2.05, 4.69) is 0 Å².